The number of ether oxygens (including phenoxy) is 1. The number of benzene rings is 2. The van der Waals surface area contributed by atoms with Crippen LogP contribution in [0.5, 0.6) is 0 Å². The molecule has 4 rings (SSSR count). The Labute approximate surface area is 183 Å². The molecule has 0 saturated carbocycles. The van der Waals surface area contributed by atoms with Crippen LogP contribution in [0.4, 0.5) is 11.4 Å². The summed E-state index contributed by atoms with van der Waals surface area (Å²) in [4.78, 5) is 14.7. The van der Waals surface area contributed by atoms with Gasteiger partial charge < -0.3 is 19.4 Å². The first-order valence-electron chi connectivity index (χ1n) is 9.00. The van der Waals surface area contributed by atoms with Crippen molar-refractivity contribution in [2.75, 3.05) is 36.5 Å². The van der Waals surface area contributed by atoms with Crippen LogP contribution in [0.3, 0.4) is 0 Å². The molecule has 8 heteroatoms. The van der Waals surface area contributed by atoms with E-state index >= 15 is 0 Å². The number of hydrogen-bond donors (Lipinski definition) is 1. The van der Waals surface area contributed by atoms with Gasteiger partial charge in [0, 0.05) is 29.4 Å². The first-order valence-corrected chi connectivity index (χ1v) is 10.1. The van der Waals surface area contributed by atoms with Crippen molar-refractivity contribution in [3.05, 3.63) is 69.4 Å². The molecule has 0 spiro atoms. The lowest BCUT2D eigenvalue weighted by Gasteiger charge is -2.29. The molecule has 0 unspecified atom stereocenters. The number of nitrogens with zero attached hydrogens (tertiary/aromatic N) is 1. The van der Waals surface area contributed by atoms with E-state index in [4.69, 9.17) is 44.0 Å². The van der Waals surface area contributed by atoms with Crippen LogP contribution < -0.4 is 10.2 Å². The van der Waals surface area contributed by atoms with Gasteiger partial charge in [-0.15, -0.1) is 0 Å². The summed E-state index contributed by atoms with van der Waals surface area (Å²) in [5.41, 5.74) is 2.16. The molecule has 0 bridgehead atoms. The molecule has 5 nitrogen and oxygen atoms in total. The molecular weight excluding hydrogens is 435 g/mol. The number of halogens is 3. The van der Waals surface area contributed by atoms with E-state index < -0.39 is 0 Å². The van der Waals surface area contributed by atoms with Crippen LogP contribution in [0, 0.1) is 0 Å². The molecule has 3 aromatic rings. The van der Waals surface area contributed by atoms with Gasteiger partial charge in [-0.05, 0) is 48.5 Å². The molecule has 0 radical (unpaired) electrons. The lowest BCUT2D eigenvalue weighted by molar-refractivity contribution is 0.0997. The first-order chi connectivity index (χ1) is 14.0. The third kappa shape index (κ3) is 4.54. The van der Waals surface area contributed by atoms with Gasteiger partial charge in [0.1, 0.15) is 5.76 Å². The number of carbonyl (C=O) groups excluding carboxylic acids is 1. The van der Waals surface area contributed by atoms with Crippen LogP contribution in [0.1, 0.15) is 10.6 Å². The van der Waals surface area contributed by atoms with E-state index in [0.29, 0.717) is 45.3 Å². The summed E-state index contributed by atoms with van der Waals surface area (Å²) in [7, 11) is 0. The summed E-state index contributed by atoms with van der Waals surface area (Å²) >= 11 is 18.6. The number of furan rings is 1. The van der Waals surface area contributed by atoms with Gasteiger partial charge in [-0.1, -0.05) is 34.8 Å². The SMILES string of the molecule is O=C(Nc1ccc(N2CCOCC2)c(Cl)c1)c1ccc(-c2ccc(Cl)cc2Cl)o1. The molecule has 0 aliphatic carbocycles. The van der Waals surface area contributed by atoms with Crippen molar-refractivity contribution in [2.45, 2.75) is 0 Å². The highest BCUT2D eigenvalue weighted by atomic mass is 35.5. The second-order valence-electron chi connectivity index (χ2n) is 6.51. The predicted molar refractivity (Wildman–Crippen MR) is 117 cm³/mol. The van der Waals surface area contributed by atoms with Crippen LogP contribution in [0.2, 0.25) is 15.1 Å². The zero-order valence-corrected chi connectivity index (χ0v) is 17.5. The van der Waals surface area contributed by atoms with Crippen molar-refractivity contribution in [2.24, 2.45) is 0 Å². The standard InChI is InChI=1S/C21H17Cl3N2O3/c22-13-1-3-15(16(23)11-13)19-5-6-20(29-19)21(27)25-14-2-4-18(17(24)12-14)26-7-9-28-10-8-26/h1-6,11-12H,7-10H2,(H,25,27). The Morgan fingerprint density at radius 3 is 2.45 bits per heavy atom. The van der Waals surface area contributed by atoms with E-state index in [0.717, 1.165) is 18.8 Å². The van der Waals surface area contributed by atoms with Crippen LogP contribution in [0.15, 0.2) is 52.9 Å². The van der Waals surface area contributed by atoms with Gasteiger partial charge in [-0.3, -0.25) is 4.79 Å². The molecule has 1 aliphatic rings. The molecule has 2 aromatic carbocycles. The topological polar surface area (TPSA) is 54.7 Å². The Morgan fingerprint density at radius 1 is 0.931 bits per heavy atom. The zero-order chi connectivity index (χ0) is 20.4. The molecule has 1 aliphatic heterocycles. The average Bonchev–Trinajstić information content (AvgIpc) is 3.19. The van der Waals surface area contributed by atoms with Crippen molar-refractivity contribution < 1.29 is 13.9 Å². The highest BCUT2D eigenvalue weighted by molar-refractivity contribution is 6.36. The summed E-state index contributed by atoms with van der Waals surface area (Å²) in [6.45, 7) is 2.92. The van der Waals surface area contributed by atoms with Crippen LogP contribution >= 0.6 is 34.8 Å². The molecule has 0 atom stereocenters. The minimum atomic E-state index is -0.378. The van der Waals surface area contributed by atoms with Crippen LogP contribution in [-0.2, 0) is 4.74 Å². The summed E-state index contributed by atoms with van der Waals surface area (Å²) < 4.78 is 11.0. The molecule has 2 heterocycles. The monoisotopic (exact) mass is 450 g/mol. The van der Waals surface area contributed by atoms with Crippen molar-refractivity contribution in [1.29, 1.82) is 0 Å². The predicted octanol–water partition coefficient (Wildman–Crippen LogP) is 6.00. The van der Waals surface area contributed by atoms with Crippen molar-refractivity contribution in [1.82, 2.24) is 0 Å². The number of anilines is 2. The second-order valence-corrected chi connectivity index (χ2v) is 7.76. The summed E-state index contributed by atoms with van der Waals surface area (Å²) in [5.74, 6) is 0.272. The fraction of sp³-hybridized carbons (Fsp3) is 0.190. The number of carbonyl (C=O) groups is 1. The summed E-state index contributed by atoms with van der Waals surface area (Å²) in [5, 5.41) is 4.35. The minimum absolute atomic E-state index is 0.166. The Balaban J connectivity index is 1.48. The number of amides is 1. The molecule has 1 fully saturated rings. The number of nitrogens with one attached hydrogen (secondary N) is 1. The van der Waals surface area contributed by atoms with Crippen molar-refractivity contribution in [3.8, 4) is 11.3 Å². The number of rotatable bonds is 4. The lowest BCUT2D eigenvalue weighted by atomic mass is 10.2. The molecular formula is C21H17Cl3N2O3. The molecule has 1 saturated heterocycles. The Morgan fingerprint density at radius 2 is 1.72 bits per heavy atom. The maximum atomic E-state index is 12.6. The van der Waals surface area contributed by atoms with Gasteiger partial charge >= 0.3 is 0 Å². The van der Waals surface area contributed by atoms with Gasteiger partial charge in [0.25, 0.3) is 5.91 Å². The fourth-order valence-corrected chi connectivity index (χ4v) is 3.93. The quantitative estimate of drug-likeness (QED) is 0.529. The van der Waals surface area contributed by atoms with Crippen molar-refractivity contribution in [3.63, 3.8) is 0 Å². The number of hydrogen-bond acceptors (Lipinski definition) is 4. The van der Waals surface area contributed by atoms with Crippen molar-refractivity contribution >= 4 is 52.1 Å². The normalized spacial score (nSPS) is 14.1. The molecule has 1 N–H and O–H groups in total. The van der Waals surface area contributed by atoms with E-state index in [2.05, 4.69) is 10.2 Å². The van der Waals surface area contributed by atoms with Crippen LogP contribution in [0.25, 0.3) is 11.3 Å². The molecule has 29 heavy (non-hydrogen) atoms. The molecule has 150 valence electrons. The number of morpholine rings is 1. The minimum Gasteiger partial charge on any atom is -0.451 e. The van der Waals surface area contributed by atoms with E-state index in [-0.39, 0.29) is 11.7 Å². The van der Waals surface area contributed by atoms with E-state index in [9.17, 15) is 4.79 Å². The second kappa shape index (κ2) is 8.67. The zero-order valence-electron chi connectivity index (χ0n) is 15.3. The lowest BCUT2D eigenvalue weighted by Crippen LogP contribution is -2.36. The molecule has 1 aromatic heterocycles. The Bertz CT molecular complexity index is 1050. The van der Waals surface area contributed by atoms with E-state index in [1.807, 2.05) is 12.1 Å². The smallest absolute Gasteiger partial charge is 0.291 e. The molecule has 1 amide bonds. The summed E-state index contributed by atoms with van der Waals surface area (Å²) in [6, 6.07) is 13.8. The van der Waals surface area contributed by atoms with Gasteiger partial charge in [0.2, 0.25) is 0 Å². The maximum Gasteiger partial charge on any atom is 0.291 e. The largest absolute Gasteiger partial charge is 0.451 e. The van der Waals surface area contributed by atoms with E-state index in [1.165, 1.54) is 0 Å². The van der Waals surface area contributed by atoms with Gasteiger partial charge in [-0.25, -0.2) is 0 Å². The third-order valence-electron chi connectivity index (χ3n) is 4.58. The fourth-order valence-electron chi connectivity index (χ4n) is 3.13. The highest BCUT2D eigenvalue weighted by Gasteiger charge is 2.17. The maximum absolute atomic E-state index is 12.6. The highest BCUT2D eigenvalue weighted by Crippen LogP contribution is 2.32. The Hall–Kier alpha value is -2.18. The van der Waals surface area contributed by atoms with Gasteiger partial charge in [-0.2, -0.15) is 0 Å². The Kier molecular flexibility index (Phi) is 6.01. The first kappa shape index (κ1) is 20.1. The van der Waals surface area contributed by atoms with Gasteiger partial charge in [0.15, 0.2) is 5.76 Å². The third-order valence-corrected chi connectivity index (χ3v) is 5.43. The van der Waals surface area contributed by atoms with E-state index in [1.54, 1.807) is 36.4 Å². The summed E-state index contributed by atoms with van der Waals surface area (Å²) in [6.07, 6.45) is 0. The van der Waals surface area contributed by atoms with Crippen LogP contribution in [-0.4, -0.2) is 32.2 Å². The average molecular weight is 452 g/mol. The van der Waals surface area contributed by atoms with Gasteiger partial charge in [0.05, 0.1) is 28.9 Å².